The van der Waals surface area contributed by atoms with E-state index in [4.69, 9.17) is 4.74 Å². The Kier molecular flexibility index (Phi) is 5.70. The molecule has 2 aliphatic rings. The van der Waals surface area contributed by atoms with Crippen molar-refractivity contribution in [3.63, 3.8) is 0 Å². The fourth-order valence-corrected chi connectivity index (χ4v) is 5.17. The smallest absolute Gasteiger partial charge is 0.299 e. The number of ketones is 1. The fraction of sp³-hybridized carbons (Fsp3) is 0.241. The number of aromatic nitrogens is 3. The van der Waals surface area contributed by atoms with Crippen LogP contribution in [0, 0.1) is 6.92 Å². The lowest BCUT2D eigenvalue weighted by atomic mass is 9.97. The Labute approximate surface area is 209 Å². The number of carbonyl (C=O) groups is 2. The van der Waals surface area contributed by atoms with E-state index in [-0.39, 0.29) is 6.10 Å². The molecule has 0 bridgehead atoms. The first kappa shape index (κ1) is 22.4. The third-order valence-corrected chi connectivity index (χ3v) is 7.00. The molecule has 0 atom stereocenters. The summed E-state index contributed by atoms with van der Waals surface area (Å²) in [6.07, 6.45) is 3.65. The highest BCUT2D eigenvalue weighted by Gasteiger charge is 2.35. The van der Waals surface area contributed by atoms with Crippen LogP contribution in [-0.2, 0) is 35.5 Å². The SMILES string of the molecule is Cc1ccc2c(c1)C(=O)C(=O)N2CCn1cc(COC2c3ccccc3CCc3ccccc32)nn1. The predicted octanol–water partition coefficient (Wildman–Crippen LogP) is 4.22. The van der Waals surface area contributed by atoms with Crippen LogP contribution < -0.4 is 4.90 Å². The fourth-order valence-electron chi connectivity index (χ4n) is 5.17. The normalized spacial score (nSPS) is 15.0. The maximum atomic E-state index is 12.5. The summed E-state index contributed by atoms with van der Waals surface area (Å²) in [4.78, 5) is 26.4. The molecule has 36 heavy (non-hydrogen) atoms. The molecular weight excluding hydrogens is 452 g/mol. The van der Waals surface area contributed by atoms with Gasteiger partial charge in [0.1, 0.15) is 11.8 Å². The molecule has 1 amide bonds. The maximum absolute atomic E-state index is 12.5. The van der Waals surface area contributed by atoms with Crippen LogP contribution in [0.3, 0.4) is 0 Å². The maximum Gasteiger partial charge on any atom is 0.299 e. The summed E-state index contributed by atoms with van der Waals surface area (Å²) in [5, 5.41) is 8.51. The van der Waals surface area contributed by atoms with Gasteiger partial charge in [0.15, 0.2) is 0 Å². The quantitative estimate of drug-likeness (QED) is 0.388. The Balaban J connectivity index is 1.16. The Bertz CT molecular complexity index is 1430. The number of anilines is 1. The predicted molar refractivity (Wildman–Crippen MR) is 135 cm³/mol. The van der Waals surface area contributed by atoms with Crippen LogP contribution in [0.25, 0.3) is 0 Å². The van der Waals surface area contributed by atoms with Crippen molar-refractivity contribution in [3.8, 4) is 0 Å². The van der Waals surface area contributed by atoms with Crippen molar-refractivity contribution in [3.05, 3.63) is 112 Å². The molecule has 0 saturated heterocycles. The largest absolute Gasteiger partial charge is 0.362 e. The highest BCUT2D eigenvalue weighted by Crippen LogP contribution is 2.35. The number of aryl methyl sites for hydroxylation is 3. The molecule has 0 radical (unpaired) electrons. The average Bonchev–Trinajstić information content (AvgIpc) is 3.39. The molecule has 0 N–H and O–H groups in total. The van der Waals surface area contributed by atoms with E-state index in [1.54, 1.807) is 10.7 Å². The van der Waals surface area contributed by atoms with Gasteiger partial charge in [-0.15, -0.1) is 5.10 Å². The number of Topliss-reactive ketones (excluding diaryl/α,β-unsaturated/α-hetero) is 1. The van der Waals surface area contributed by atoms with Crippen LogP contribution >= 0.6 is 0 Å². The Morgan fingerprint density at radius 3 is 2.33 bits per heavy atom. The molecule has 2 heterocycles. The molecular formula is C29H26N4O3. The summed E-state index contributed by atoms with van der Waals surface area (Å²) >= 11 is 0. The summed E-state index contributed by atoms with van der Waals surface area (Å²) < 4.78 is 8.15. The molecule has 1 aliphatic heterocycles. The van der Waals surface area contributed by atoms with E-state index < -0.39 is 11.7 Å². The number of hydrogen-bond donors (Lipinski definition) is 0. The molecule has 3 aromatic carbocycles. The summed E-state index contributed by atoms with van der Waals surface area (Å²) in [5.41, 5.74) is 7.81. The van der Waals surface area contributed by atoms with Crippen molar-refractivity contribution in [2.45, 2.75) is 39.0 Å². The second-order valence-corrected chi connectivity index (χ2v) is 9.37. The summed E-state index contributed by atoms with van der Waals surface area (Å²) in [7, 11) is 0. The van der Waals surface area contributed by atoms with Crippen molar-refractivity contribution in [1.29, 1.82) is 0 Å². The van der Waals surface area contributed by atoms with Crippen molar-refractivity contribution >= 4 is 17.4 Å². The number of benzene rings is 3. The van der Waals surface area contributed by atoms with Gasteiger partial charge in [0.2, 0.25) is 0 Å². The number of nitrogens with zero attached hydrogens (tertiary/aromatic N) is 4. The summed E-state index contributed by atoms with van der Waals surface area (Å²) in [6.45, 7) is 2.99. The second-order valence-electron chi connectivity index (χ2n) is 9.37. The van der Waals surface area contributed by atoms with E-state index in [0.717, 1.165) is 18.4 Å². The molecule has 7 heteroatoms. The zero-order chi connectivity index (χ0) is 24.6. The van der Waals surface area contributed by atoms with Crippen molar-refractivity contribution < 1.29 is 14.3 Å². The zero-order valence-electron chi connectivity index (χ0n) is 20.1. The van der Waals surface area contributed by atoms with Gasteiger partial charge in [-0.25, -0.2) is 0 Å². The highest BCUT2D eigenvalue weighted by molar-refractivity contribution is 6.52. The van der Waals surface area contributed by atoms with Gasteiger partial charge in [0.05, 0.1) is 30.6 Å². The zero-order valence-corrected chi connectivity index (χ0v) is 20.1. The number of fused-ring (bicyclic) bond motifs is 3. The van der Waals surface area contributed by atoms with E-state index in [9.17, 15) is 9.59 Å². The first-order valence-electron chi connectivity index (χ1n) is 12.2. The lowest BCUT2D eigenvalue weighted by Crippen LogP contribution is -2.32. The summed E-state index contributed by atoms with van der Waals surface area (Å²) in [6, 6.07) is 22.4. The third-order valence-electron chi connectivity index (χ3n) is 7.00. The number of amides is 1. The highest BCUT2D eigenvalue weighted by atomic mass is 16.5. The minimum atomic E-state index is -0.495. The monoisotopic (exact) mass is 478 g/mol. The minimum Gasteiger partial charge on any atom is -0.362 e. The van der Waals surface area contributed by atoms with Crippen molar-refractivity contribution in [2.24, 2.45) is 0 Å². The van der Waals surface area contributed by atoms with Crippen molar-refractivity contribution in [2.75, 3.05) is 11.4 Å². The molecule has 0 fully saturated rings. The Morgan fingerprint density at radius 1 is 0.917 bits per heavy atom. The average molecular weight is 479 g/mol. The van der Waals surface area contributed by atoms with Crippen LogP contribution in [-0.4, -0.2) is 33.2 Å². The standard InChI is InChI=1S/C29H26N4O3/c1-19-10-13-26-25(16-19)27(34)29(35)33(26)15-14-32-17-22(30-31-32)18-36-28-23-8-4-2-6-20(23)11-12-21-7-3-5-9-24(21)28/h2-10,13,16-17,28H,11-12,14-15,18H2,1H3. The van der Waals surface area contributed by atoms with Gasteiger partial charge in [0.25, 0.3) is 11.7 Å². The number of rotatable bonds is 6. The van der Waals surface area contributed by atoms with E-state index in [1.165, 1.54) is 27.2 Å². The molecule has 4 aromatic rings. The van der Waals surface area contributed by atoms with E-state index >= 15 is 0 Å². The lowest BCUT2D eigenvalue weighted by molar-refractivity contribution is -0.114. The molecule has 0 unspecified atom stereocenters. The van der Waals surface area contributed by atoms with Gasteiger partial charge >= 0.3 is 0 Å². The minimum absolute atomic E-state index is 0.168. The lowest BCUT2D eigenvalue weighted by Gasteiger charge is -2.20. The van der Waals surface area contributed by atoms with Gasteiger partial charge < -0.3 is 9.64 Å². The molecule has 0 spiro atoms. The molecule has 1 aliphatic carbocycles. The van der Waals surface area contributed by atoms with Crippen LogP contribution in [0.2, 0.25) is 0 Å². The van der Waals surface area contributed by atoms with Gasteiger partial charge in [-0.3, -0.25) is 14.3 Å². The first-order valence-corrected chi connectivity index (χ1v) is 12.2. The van der Waals surface area contributed by atoms with Crippen LogP contribution in [0.15, 0.2) is 72.9 Å². The van der Waals surface area contributed by atoms with Gasteiger partial charge in [-0.2, -0.15) is 0 Å². The molecule has 180 valence electrons. The Morgan fingerprint density at radius 2 is 1.61 bits per heavy atom. The second kappa shape index (κ2) is 9.17. The van der Waals surface area contributed by atoms with Gasteiger partial charge in [-0.1, -0.05) is 65.4 Å². The van der Waals surface area contributed by atoms with E-state index in [2.05, 4.69) is 58.8 Å². The van der Waals surface area contributed by atoms with E-state index in [0.29, 0.717) is 36.6 Å². The van der Waals surface area contributed by atoms with Crippen LogP contribution in [0.4, 0.5) is 5.69 Å². The number of hydrogen-bond acceptors (Lipinski definition) is 5. The van der Waals surface area contributed by atoms with Crippen LogP contribution in [0.5, 0.6) is 0 Å². The third kappa shape index (κ3) is 4.01. The van der Waals surface area contributed by atoms with Gasteiger partial charge in [0, 0.05) is 6.54 Å². The van der Waals surface area contributed by atoms with Crippen LogP contribution in [0.1, 0.15) is 50.0 Å². The summed E-state index contributed by atoms with van der Waals surface area (Å²) in [5.74, 6) is -0.949. The number of ether oxygens (including phenoxy) is 1. The molecule has 7 nitrogen and oxygen atoms in total. The first-order chi connectivity index (χ1) is 17.6. The molecule has 6 rings (SSSR count). The number of carbonyl (C=O) groups excluding carboxylic acids is 2. The molecule has 0 saturated carbocycles. The topological polar surface area (TPSA) is 77.3 Å². The van der Waals surface area contributed by atoms with E-state index in [1.807, 2.05) is 25.3 Å². The van der Waals surface area contributed by atoms with Crippen molar-refractivity contribution in [1.82, 2.24) is 15.0 Å². The Hall–Kier alpha value is -4.10. The molecule has 1 aromatic heterocycles. The van der Waals surface area contributed by atoms with Gasteiger partial charge in [-0.05, 0) is 54.2 Å².